The fraction of sp³-hybridized carbons (Fsp3) is 0.381. The Hall–Kier alpha value is -2.74. The topological polar surface area (TPSA) is 106 Å². The second kappa shape index (κ2) is 8.73. The third-order valence-corrected chi connectivity index (χ3v) is 6.53. The monoisotopic (exact) mass is 416 g/mol. The molecular formula is C21H24N2O5S. The number of hydrogen-bond donors (Lipinski definition) is 1. The van der Waals surface area contributed by atoms with Crippen LogP contribution >= 0.6 is 0 Å². The van der Waals surface area contributed by atoms with Gasteiger partial charge in [0, 0.05) is 17.9 Å². The van der Waals surface area contributed by atoms with E-state index >= 15 is 0 Å². The molecule has 2 aromatic rings. The van der Waals surface area contributed by atoms with Crippen LogP contribution in [0.4, 0.5) is 5.69 Å². The smallest absolute Gasteiger partial charge is 0.288 e. The average molecular weight is 416 g/mol. The van der Waals surface area contributed by atoms with Gasteiger partial charge in [-0.05, 0) is 36.5 Å². The van der Waals surface area contributed by atoms with Crippen LogP contribution in [0.5, 0.6) is 0 Å². The van der Waals surface area contributed by atoms with Crippen molar-refractivity contribution >= 4 is 21.4 Å². The minimum Gasteiger partial charge on any atom is -0.345 e. The van der Waals surface area contributed by atoms with Crippen molar-refractivity contribution in [3.8, 4) is 0 Å². The number of rotatable bonds is 6. The standard InChI is InChI=1S/C21H24N2O5S/c1-29(27,28)19-13-12-17(14-18(19)23(25)26)21(24)22-20(15-8-4-2-5-9-15)16-10-6-3-7-11-16/h2,4-5,8-9,12-14,16,20H,3,6-7,10-11H2,1H3,(H,22,24). The Balaban J connectivity index is 1.91. The van der Waals surface area contributed by atoms with Gasteiger partial charge in [0.25, 0.3) is 11.6 Å². The number of nitro benzene ring substituents is 1. The summed E-state index contributed by atoms with van der Waals surface area (Å²) in [7, 11) is -3.78. The number of nitro groups is 1. The zero-order valence-electron chi connectivity index (χ0n) is 16.2. The Bertz CT molecular complexity index is 999. The van der Waals surface area contributed by atoms with E-state index in [1.54, 1.807) is 0 Å². The van der Waals surface area contributed by atoms with E-state index in [-0.39, 0.29) is 11.6 Å². The lowest BCUT2D eigenvalue weighted by molar-refractivity contribution is -0.387. The molecule has 0 spiro atoms. The van der Waals surface area contributed by atoms with Gasteiger partial charge in [-0.25, -0.2) is 8.42 Å². The molecule has 1 saturated carbocycles. The van der Waals surface area contributed by atoms with Gasteiger partial charge in [-0.15, -0.1) is 0 Å². The molecule has 0 saturated heterocycles. The molecule has 0 bridgehead atoms. The first kappa shape index (κ1) is 21.0. The number of benzene rings is 2. The number of amides is 1. The molecule has 8 heteroatoms. The molecule has 1 aliphatic carbocycles. The fourth-order valence-electron chi connectivity index (χ4n) is 3.94. The molecule has 1 N–H and O–H groups in total. The van der Waals surface area contributed by atoms with Gasteiger partial charge in [-0.1, -0.05) is 49.6 Å². The summed E-state index contributed by atoms with van der Waals surface area (Å²) in [6.07, 6.45) is 6.32. The van der Waals surface area contributed by atoms with Crippen molar-refractivity contribution in [2.24, 2.45) is 5.92 Å². The van der Waals surface area contributed by atoms with Gasteiger partial charge in [0.05, 0.1) is 11.0 Å². The maximum atomic E-state index is 12.9. The summed E-state index contributed by atoms with van der Waals surface area (Å²) >= 11 is 0. The number of nitrogens with one attached hydrogen (secondary N) is 1. The number of nitrogens with zero attached hydrogens (tertiary/aromatic N) is 1. The van der Waals surface area contributed by atoms with E-state index in [4.69, 9.17) is 0 Å². The van der Waals surface area contributed by atoms with Gasteiger partial charge >= 0.3 is 0 Å². The normalized spacial score (nSPS) is 16.2. The lowest BCUT2D eigenvalue weighted by Gasteiger charge is -2.31. The molecule has 1 amide bonds. The van der Waals surface area contributed by atoms with Crippen molar-refractivity contribution in [3.05, 3.63) is 69.8 Å². The van der Waals surface area contributed by atoms with Crippen LogP contribution < -0.4 is 5.32 Å². The van der Waals surface area contributed by atoms with E-state index in [1.807, 2.05) is 30.3 Å². The summed E-state index contributed by atoms with van der Waals surface area (Å²) < 4.78 is 23.6. The Morgan fingerprint density at radius 2 is 1.76 bits per heavy atom. The Kier molecular flexibility index (Phi) is 6.32. The van der Waals surface area contributed by atoms with Crippen molar-refractivity contribution in [3.63, 3.8) is 0 Å². The van der Waals surface area contributed by atoms with E-state index in [0.717, 1.165) is 49.6 Å². The SMILES string of the molecule is CS(=O)(=O)c1ccc(C(=O)NC(c2ccccc2)C2CCCCC2)cc1[N+](=O)[O-]. The Morgan fingerprint density at radius 1 is 1.10 bits per heavy atom. The molecule has 1 fully saturated rings. The molecular weight excluding hydrogens is 392 g/mol. The van der Waals surface area contributed by atoms with Crippen molar-refractivity contribution in [1.82, 2.24) is 5.32 Å². The summed E-state index contributed by atoms with van der Waals surface area (Å²) in [6, 6.07) is 13.0. The highest BCUT2D eigenvalue weighted by molar-refractivity contribution is 7.90. The summed E-state index contributed by atoms with van der Waals surface area (Å²) in [5, 5.41) is 14.4. The average Bonchev–Trinajstić information content (AvgIpc) is 2.72. The van der Waals surface area contributed by atoms with Gasteiger partial charge in [0.15, 0.2) is 9.84 Å². The fourth-order valence-corrected chi connectivity index (χ4v) is 4.77. The van der Waals surface area contributed by atoms with Crippen LogP contribution in [0.3, 0.4) is 0 Å². The second-order valence-electron chi connectivity index (χ2n) is 7.47. The molecule has 29 heavy (non-hydrogen) atoms. The van der Waals surface area contributed by atoms with Crippen molar-refractivity contribution in [2.45, 2.75) is 43.0 Å². The number of carbonyl (C=O) groups excluding carboxylic acids is 1. The maximum absolute atomic E-state index is 12.9. The molecule has 0 aromatic heterocycles. The van der Waals surface area contributed by atoms with Gasteiger partial charge < -0.3 is 5.32 Å². The first-order chi connectivity index (χ1) is 13.8. The number of hydrogen-bond acceptors (Lipinski definition) is 5. The Labute approximate surface area is 170 Å². The van der Waals surface area contributed by atoms with Crippen LogP contribution in [0.1, 0.15) is 54.1 Å². The van der Waals surface area contributed by atoms with Crippen molar-refractivity contribution < 1.29 is 18.1 Å². The summed E-state index contributed by atoms with van der Waals surface area (Å²) in [5.41, 5.74) is 0.477. The zero-order valence-corrected chi connectivity index (χ0v) is 17.0. The highest BCUT2D eigenvalue weighted by Gasteiger charge is 2.28. The lowest BCUT2D eigenvalue weighted by atomic mass is 9.81. The molecule has 0 heterocycles. The van der Waals surface area contributed by atoms with E-state index < -0.39 is 31.3 Å². The summed E-state index contributed by atoms with van der Waals surface area (Å²) in [5.74, 6) is -0.159. The van der Waals surface area contributed by atoms with E-state index in [1.165, 1.54) is 12.5 Å². The molecule has 1 aliphatic rings. The number of carbonyl (C=O) groups is 1. The predicted molar refractivity (Wildman–Crippen MR) is 109 cm³/mol. The van der Waals surface area contributed by atoms with E-state index in [9.17, 15) is 23.3 Å². The van der Waals surface area contributed by atoms with Gasteiger partial charge in [0.2, 0.25) is 0 Å². The summed E-state index contributed by atoms with van der Waals surface area (Å²) in [4.78, 5) is 23.1. The molecule has 1 atom stereocenters. The van der Waals surface area contributed by atoms with E-state index in [0.29, 0.717) is 5.92 Å². The van der Waals surface area contributed by atoms with Gasteiger partial charge in [0.1, 0.15) is 4.90 Å². The second-order valence-corrected chi connectivity index (χ2v) is 9.46. The predicted octanol–water partition coefficient (Wildman–Crippen LogP) is 4.05. The molecule has 7 nitrogen and oxygen atoms in total. The molecule has 2 aromatic carbocycles. The quantitative estimate of drug-likeness (QED) is 0.565. The highest BCUT2D eigenvalue weighted by atomic mass is 32.2. The molecule has 154 valence electrons. The highest BCUT2D eigenvalue weighted by Crippen LogP contribution is 2.35. The minimum atomic E-state index is -3.78. The third kappa shape index (κ3) is 5.00. The molecule has 0 aliphatic heterocycles. The van der Waals surface area contributed by atoms with E-state index in [2.05, 4.69) is 5.32 Å². The van der Waals surface area contributed by atoms with Gasteiger partial charge in [-0.3, -0.25) is 14.9 Å². The van der Waals surface area contributed by atoms with Crippen LogP contribution in [0.2, 0.25) is 0 Å². The number of sulfone groups is 1. The first-order valence-electron chi connectivity index (χ1n) is 9.61. The van der Waals surface area contributed by atoms with Crippen LogP contribution in [0.15, 0.2) is 53.4 Å². The van der Waals surface area contributed by atoms with Crippen molar-refractivity contribution in [1.29, 1.82) is 0 Å². The Morgan fingerprint density at radius 3 is 2.34 bits per heavy atom. The maximum Gasteiger partial charge on any atom is 0.288 e. The van der Waals surface area contributed by atoms with Crippen molar-refractivity contribution in [2.75, 3.05) is 6.26 Å². The van der Waals surface area contributed by atoms with Crippen LogP contribution in [0.25, 0.3) is 0 Å². The summed E-state index contributed by atoms with van der Waals surface area (Å²) in [6.45, 7) is 0. The minimum absolute atomic E-state index is 0.0702. The third-order valence-electron chi connectivity index (χ3n) is 5.38. The first-order valence-corrected chi connectivity index (χ1v) is 11.5. The molecule has 0 radical (unpaired) electrons. The van der Waals surface area contributed by atoms with Crippen LogP contribution in [0, 0.1) is 16.0 Å². The van der Waals surface area contributed by atoms with Crippen LogP contribution in [-0.2, 0) is 9.84 Å². The van der Waals surface area contributed by atoms with Crippen LogP contribution in [-0.4, -0.2) is 25.5 Å². The zero-order chi connectivity index (χ0) is 21.0. The largest absolute Gasteiger partial charge is 0.345 e. The molecule has 3 rings (SSSR count). The lowest BCUT2D eigenvalue weighted by Crippen LogP contribution is -2.34. The molecule has 1 unspecified atom stereocenters. The van der Waals surface area contributed by atoms with Gasteiger partial charge in [-0.2, -0.15) is 0 Å².